The Bertz CT molecular complexity index is 187. The molecule has 1 aromatic heterocycles. The molecule has 0 atom stereocenters. The van der Waals surface area contributed by atoms with Crippen LogP contribution >= 0.6 is 0 Å². The van der Waals surface area contributed by atoms with E-state index in [2.05, 4.69) is 15.5 Å². The molecule has 0 saturated heterocycles. The molecule has 0 aliphatic heterocycles. The predicted molar refractivity (Wildman–Crippen MR) is 44.2 cm³/mol. The average Bonchev–Trinajstić information content (AvgIpc) is 2.07. The molecule has 3 N–H and O–H groups in total. The summed E-state index contributed by atoms with van der Waals surface area (Å²) in [4.78, 5) is 0. The number of nitrogens with two attached hydrogens (primary N) is 1. The highest BCUT2D eigenvalue weighted by Crippen LogP contribution is 1.96. The first kappa shape index (κ1) is 7.94. The second-order valence-electron chi connectivity index (χ2n) is 2.18. The highest BCUT2D eigenvalue weighted by molar-refractivity contribution is 5.30. The minimum absolute atomic E-state index is 0.702. The zero-order chi connectivity index (χ0) is 7.94. The van der Waals surface area contributed by atoms with E-state index in [0.717, 1.165) is 18.8 Å². The van der Waals surface area contributed by atoms with Gasteiger partial charge in [-0.05, 0) is 25.1 Å². The standard InChI is InChI=1S/C7H12N4/c8-4-2-5-9-7-3-1-6-10-11-7/h1,3,6H,2,4-5,8H2,(H,9,11). The van der Waals surface area contributed by atoms with Gasteiger partial charge in [-0.25, -0.2) is 0 Å². The molecule has 60 valence electrons. The van der Waals surface area contributed by atoms with E-state index in [4.69, 9.17) is 5.73 Å². The largest absolute Gasteiger partial charge is 0.369 e. The van der Waals surface area contributed by atoms with Gasteiger partial charge in [0.2, 0.25) is 0 Å². The van der Waals surface area contributed by atoms with E-state index in [1.54, 1.807) is 6.20 Å². The minimum atomic E-state index is 0.702. The molecular weight excluding hydrogens is 140 g/mol. The Balaban J connectivity index is 2.28. The number of hydrogen-bond acceptors (Lipinski definition) is 4. The lowest BCUT2D eigenvalue weighted by Crippen LogP contribution is -2.09. The highest BCUT2D eigenvalue weighted by Gasteiger charge is 1.88. The van der Waals surface area contributed by atoms with Gasteiger partial charge in [-0.3, -0.25) is 0 Å². The number of nitrogens with zero attached hydrogens (tertiary/aromatic N) is 2. The number of rotatable bonds is 4. The van der Waals surface area contributed by atoms with Crippen molar-refractivity contribution >= 4 is 5.82 Å². The maximum Gasteiger partial charge on any atom is 0.148 e. The fraction of sp³-hybridized carbons (Fsp3) is 0.429. The lowest BCUT2D eigenvalue weighted by molar-refractivity contribution is 0.864. The summed E-state index contributed by atoms with van der Waals surface area (Å²) >= 11 is 0. The van der Waals surface area contributed by atoms with Gasteiger partial charge in [-0.2, -0.15) is 5.10 Å². The summed E-state index contributed by atoms with van der Waals surface area (Å²) in [6.07, 6.45) is 2.60. The third-order valence-corrected chi connectivity index (χ3v) is 1.26. The van der Waals surface area contributed by atoms with Crippen LogP contribution in [0, 0.1) is 0 Å². The van der Waals surface area contributed by atoms with E-state index in [1.165, 1.54) is 0 Å². The molecule has 4 heteroatoms. The molecular formula is C7H12N4. The topological polar surface area (TPSA) is 63.8 Å². The Morgan fingerprint density at radius 3 is 3.09 bits per heavy atom. The molecule has 0 fully saturated rings. The quantitative estimate of drug-likeness (QED) is 0.606. The van der Waals surface area contributed by atoms with Gasteiger partial charge < -0.3 is 11.1 Å². The second-order valence-corrected chi connectivity index (χ2v) is 2.18. The molecule has 0 saturated carbocycles. The Morgan fingerprint density at radius 2 is 2.45 bits per heavy atom. The second kappa shape index (κ2) is 4.62. The Labute approximate surface area is 65.8 Å². The summed E-state index contributed by atoms with van der Waals surface area (Å²) in [5, 5.41) is 10.7. The van der Waals surface area contributed by atoms with Crippen LogP contribution in [0.3, 0.4) is 0 Å². The average molecular weight is 152 g/mol. The summed E-state index contributed by atoms with van der Waals surface area (Å²) < 4.78 is 0. The van der Waals surface area contributed by atoms with E-state index in [0.29, 0.717) is 6.54 Å². The van der Waals surface area contributed by atoms with Gasteiger partial charge in [0.15, 0.2) is 0 Å². The number of anilines is 1. The van der Waals surface area contributed by atoms with E-state index >= 15 is 0 Å². The summed E-state index contributed by atoms with van der Waals surface area (Å²) in [6.45, 7) is 1.56. The molecule has 0 radical (unpaired) electrons. The van der Waals surface area contributed by atoms with Gasteiger partial charge in [0, 0.05) is 12.7 Å². The lowest BCUT2D eigenvalue weighted by Gasteiger charge is -2.01. The van der Waals surface area contributed by atoms with Gasteiger partial charge in [0.05, 0.1) is 0 Å². The number of hydrogen-bond donors (Lipinski definition) is 2. The molecule has 4 nitrogen and oxygen atoms in total. The van der Waals surface area contributed by atoms with Gasteiger partial charge in [-0.1, -0.05) is 0 Å². The van der Waals surface area contributed by atoms with Crippen molar-refractivity contribution < 1.29 is 0 Å². The van der Waals surface area contributed by atoms with Crippen LogP contribution in [0.2, 0.25) is 0 Å². The van der Waals surface area contributed by atoms with Crippen molar-refractivity contribution in [2.24, 2.45) is 5.73 Å². The van der Waals surface area contributed by atoms with Crippen molar-refractivity contribution in [3.05, 3.63) is 18.3 Å². The van der Waals surface area contributed by atoms with Crippen LogP contribution in [0.15, 0.2) is 18.3 Å². The van der Waals surface area contributed by atoms with Crippen LogP contribution in [-0.2, 0) is 0 Å². The highest BCUT2D eigenvalue weighted by atomic mass is 15.2. The van der Waals surface area contributed by atoms with Crippen LogP contribution in [0.1, 0.15) is 6.42 Å². The van der Waals surface area contributed by atoms with Crippen molar-refractivity contribution in [1.29, 1.82) is 0 Å². The Kier molecular flexibility index (Phi) is 3.34. The molecule has 0 spiro atoms. The number of aromatic nitrogens is 2. The molecule has 1 aromatic rings. The Hall–Kier alpha value is -1.16. The Morgan fingerprint density at radius 1 is 1.55 bits per heavy atom. The molecule has 0 unspecified atom stereocenters. The van der Waals surface area contributed by atoms with Crippen LogP contribution in [0.25, 0.3) is 0 Å². The summed E-state index contributed by atoms with van der Waals surface area (Å²) in [5.41, 5.74) is 5.32. The molecule has 0 aliphatic carbocycles. The van der Waals surface area contributed by atoms with E-state index in [9.17, 15) is 0 Å². The predicted octanol–water partition coefficient (Wildman–Crippen LogP) is 0.237. The van der Waals surface area contributed by atoms with Gasteiger partial charge in [-0.15, -0.1) is 5.10 Å². The zero-order valence-corrected chi connectivity index (χ0v) is 6.33. The van der Waals surface area contributed by atoms with Crippen LogP contribution < -0.4 is 11.1 Å². The zero-order valence-electron chi connectivity index (χ0n) is 6.33. The lowest BCUT2D eigenvalue weighted by atomic mass is 10.4. The fourth-order valence-corrected chi connectivity index (χ4v) is 0.714. The first-order chi connectivity index (χ1) is 5.43. The summed E-state index contributed by atoms with van der Waals surface area (Å²) in [7, 11) is 0. The van der Waals surface area contributed by atoms with E-state index in [-0.39, 0.29) is 0 Å². The molecule has 0 aromatic carbocycles. The molecule has 0 amide bonds. The van der Waals surface area contributed by atoms with Gasteiger partial charge in [0.1, 0.15) is 5.82 Å². The van der Waals surface area contributed by atoms with E-state index in [1.807, 2.05) is 12.1 Å². The van der Waals surface area contributed by atoms with Crippen molar-refractivity contribution in [2.75, 3.05) is 18.4 Å². The molecule has 0 bridgehead atoms. The third-order valence-electron chi connectivity index (χ3n) is 1.26. The van der Waals surface area contributed by atoms with Crippen molar-refractivity contribution in [2.45, 2.75) is 6.42 Å². The van der Waals surface area contributed by atoms with Crippen molar-refractivity contribution in [1.82, 2.24) is 10.2 Å². The van der Waals surface area contributed by atoms with Gasteiger partial charge in [0.25, 0.3) is 0 Å². The maximum absolute atomic E-state index is 5.32. The maximum atomic E-state index is 5.32. The van der Waals surface area contributed by atoms with Crippen LogP contribution in [-0.4, -0.2) is 23.3 Å². The van der Waals surface area contributed by atoms with Crippen LogP contribution in [0.5, 0.6) is 0 Å². The van der Waals surface area contributed by atoms with E-state index < -0.39 is 0 Å². The minimum Gasteiger partial charge on any atom is -0.369 e. The molecule has 0 aliphatic rings. The summed E-state index contributed by atoms with van der Waals surface area (Å²) in [5.74, 6) is 0.806. The monoisotopic (exact) mass is 152 g/mol. The van der Waals surface area contributed by atoms with Crippen LogP contribution in [0.4, 0.5) is 5.82 Å². The SMILES string of the molecule is NCCCNc1cccnn1. The fourth-order valence-electron chi connectivity index (χ4n) is 0.714. The third kappa shape index (κ3) is 2.95. The first-order valence-corrected chi connectivity index (χ1v) is 3.65. The normalized spacial score (nSPS) is 9.55. The smallest absolute Gasteiger partial charge is 0.148 e. The number of nitrogens with one attached hydrogen (secondary N) is 1. The summed E-state index contributed by atoms with van der Waals surface area (Å²) in [6, 6.07) is 3.72. The molecule has 1 rings (SSSR count). The molecule has 11 heavy (non-hydrogen) atoms. The van der Waals surface area contributed by atoms with Crippen molar-refractivity contribution in [3.63, 3.8) is 0 Å². The first-order valence-electron chi connectivity index (χ1n) is 3.65. The van der Waals surface area contributed by atoms with Crippen molar-refractivity contribution in [3.8, 4) is 0 Å². The van der Waals surface area contributed by atoms with Gasteiger partial charge >= 0.3 is 0 Å². The molecule has 1 heterocycles.